The summed E-state index contributed by atoms with van der Waals surface area (Å²) in [5.41, 5.74) is 5.53. The van der Waals surface area contributed by atoms with Crippen LogP contribution >= 0.6 is 0 Å². The molecule has 0 aromatic carbocycles. The predicted molar refractivity (Wildman–Crippen MR) is 52.2 cm³/mol. The van der Waals surface area contributed by atoms with Crippen molar-refractivity contribution in [3.05, 3.63) is 34.9 Å². The number of hydrogen-bond donors (Lipinski definition) is 1. The van der Waals surface area contributed by atoms with Crippen LogP contribution in [0.5, 0.6) is 0 Å². The smallest absolute Gasteiger partial charge is 0.323 e. The van der Waals surface area contributed by atoms with E-state index in [2.05, 4.69) is 0 Å². The Balaban J connectivity index is 2.91. The minimum absolute atomic E-state index is 0.137. The highest BCUT2D eigenvalue weighted by Crippen LogP contribution is 2.09. The molecule has 0 aliphatic rings. The first kappa shape index (κ1) is 8.55. The van der Waals surface area contributed by atoms with Gasteiger partial charge in [-0.2, -0.15) is 0 Å². The van der Waals surface area contributed by atoms with Gasteiger partial charge in [0.25, 0.3) is 5.56 Å². The standard InChI is InChI=1S/C9H9N3O2/c1-11-4-3-7-6(8(11)13)2-5-12(7)9(10)14/h2-5H,1H3,(H2,10,14). The first-order valence-corrected chi connectivity index (χ1v) is 4.08. The second kappa shape index (κ2) is 2.73. The average molecular weight is 191 g/mol. The molecule has 0 radical (unpaired) electrons. The molecule has 2 heterocycles. The Hall–Kier alpha value is -2.04. The Morgan fingerprint density at radius 1 is 1.36 bits per heavy atom. The van der Waals surface area contributed by atoms with E-state index in [1.54, 1.807) is 25.4 Å². The number of amides is 1. The van der Waals surface area contributed by atoms with E-state index < -0.39 is 6.03 Å². The minimum atomic E-state index is -0.590. The van der Waals surface area contributed by atoms with Crippen LogP contribution in [0.15, 0.2) is 29.3 Å². The van der Waals surface area contributed by atoms with E-state index >= 15 is 0 Å². The van der Waals surface area contributed by atoms with E-state index in [0.29, 0.717) is 10.9 Å². The van der Waals surface area contributed by atoms with Crippen molar-refractivity contribution >= 4 is 16.9 Å². The van der Waals surface area contributed by atoms with E-state index in [0.717, 1.165) is 0 Å². The first-order valence-electron chi connectivity index (χ1n) is 4.08. The van der Waals surface area contributed by atoms with Crippen molar-refractivity contribution in [2.24, 2.45) is 12.8 Å². The molecule has 5 heteroatoms. The van der Waals surface area contributed by atoms with Crippen LogP contribution in [0.3, 0.4) is 0 Å². The van der Waals surface area contributed by atoms with E-state index in [-0.39, 0.29) is 5.56 Å². The number of hydrogen-bond acceptors (Lipinski definition) is 2. The second-order valence-corrected chi connectivity index (χ2v) is 3.05. The molecule has 0 bridgehead atoms. The van der Waals surface area contributed by atoms with Crippen LogP contribution in [0, 0.1) is 0 Å². The van der Waals surface area contributed by atoms with Gasteiger partial charge in [0.2, 0.25) is 0 Å². The maximum absolute atomic E-state index is 11.6. The van der Waals surface area contributed by atoms with Crippen LogP contribution in [0.25, 0.3) is 10.9 Å². The quantitative estimate of drug-likeness (QED) is 0.649. The largest absolute Gasteiger partial charge is 0.351 e. The zero-order chi connectivity index (χ0) is 10.3. The van der Waals surface area contributed by atoms with Gasteiger partial charge in [-0.3, -0.25) is 9.36 Å². The molecule has 72 valence electrons. The van der Waals surface area contributed by atoms with Crippen LogP contribution in [-0.2, 0) is 7.05 Å². The first-order chi connectivity index (χ1) is 6.61. The lowest BCUT2D eigenvalue weighted by molar-refractivity contribution is 0.251. The molecular weight excluding hydrogens is 182 g/mol. The molecule has 0 aliphatic carbocycles. The molecule has 0 saturated carbocycles. The van der Waals surface area contributed by atoms with E-state index in [9.17, 15) is 9.59 Å². The van der Waals surface area contributed by atoms with Crippen molar-refractivity contribution < 1.29 is 4.79 Å². The number of pyridine rings is 1. The molecule has 0 aliphatic heterocycles. The van der Waals surface area contributed by atoms with Gasteiger partial charge in [-0.1, -0.05) is 0 Å². The number of primary amides is 1. The molecule has 0 atom stereocenters. The third kappa shape index (κ3) is 1.02. The van der Waals surface area contributed by atoms with Gasteiger partial charge in [-0.15, -0.1) is 0 Å². The van der Waals surface area contributed by atoms with Gasteiger partial charge >= 0.3 is 6.03 Å². The second-order valence-electron chi connectivity index (χ2n) is 3.05. The fraction of sp³-hybridized carbons (Fsp3) is 0.111. The van der Waals surface area contributed by atoms with Gasteiger partial charge in [0.15, 0.2) is 0 Å². The molecule has 0 unspecified atom stereocenters. The Morgan fingerprint density at radius 2 is 2.07 bits per heavy atom. The van der Waals surface area contributed by atoms with E-state index in [4.69, 9.17) is 5.73 Å². The number of fused-ring (bicyclic) bond motifs is 1. The summed E-state index contributed by atoms with van der Waals surface area (Å²) >= 11 is 0. The number of carbonyl (C=O) groups excluding carboxylic acids is 1. The number of nitrogens with two attached hydrogens (primary N) is 1. The summed E-state index contributed by atoms with van der Waals surface area (Å²) in [5, 5.41) is 0.494. The maximum Gasteiger partial charge on any atom is 0.323 e. The lowest BCUT2D eigenvalue weighted by Gasteiger charge is -1.99. The summed E-state index contributed by atoms with van der Waals surface area (Å²) < 4.78 is 2.70. The van der Waals surface area contributed by atoms with Gasteiger partial charge in [-0.05, 0) is 12.1 Å². The van der Waals surface area contributed by atoms with Crippen LogP contribution in [0.4, 0.5) is 4.79 Å². The molecule has 5 nitrogen and oxygen atoms in total. The predicted octanol–water partition coefficient (Wildman–Crippen LogP) is 0.267. The minimum Gasteiger partial charge on any atom is -0.351 e. The molecule has 0 saturated heterocycles. The molecule has 1 amide bonds. The molecule has 0 fully saturated rings. The lowest BCUT2D eigenvalue weighted by atomic mass is 10.3. The molecule has 2 rings (SSSR count). The Morgan fingerprint density at radius 3 is 2.71 bits per heavy atom. The highest BCUT2D eigenvalue weighted by molar-refractivity contribution is 5.90. The molecule has 2 aromatic heterocycles. The van der Waals surface area contributed by atoms with Crippen LogP contribution in [0.1, 0.15) is 0 Å². The zero-order valence-electron chi connectivity index (χ0n) is 7.60. The normalized spacial score (nSPS) is 10.6. The number of nitrogens with zero attached hydrogens (tertiary/aromatic N) is 2. The van der Waals surface area contributed by atoms with Crippen LogP contribution in [0.2, 0.25) is 0 Å². The van der Waals surface area contributed by atoms with Crippen molar-refractivity contribution in [1.82, 2.24) is 9.13 Å². The maximum atomic E-state index is 11.6. The summed E-state index contributed by atoms with van der Waals surface area (Å²) in [6, 6.07) is 2.68. The lowest BCUT2D eigenvalue weighted by Crippen LogP contribution is -2.20. The van der Waals surface area contributed by atoms with Gasteiger partial charge in [0.05, 0.1) is 10.9 Å². The van der Waals surface area contributed by atoms with Crippen molar-refractivity contribution in [1.29, 1.82) is 0 Å². The third-order valence-corrected chi connectivity index (χ3v) is 2.17. The topological polar surface area (TPSA) is 70.0 Å². The molecule has 2 N–H and O–H groups in total. The summed E-state index contributed by atoms with van der Waals surface area (Å²) in [6.07, 6.45) is 3.10. The summed E-state index contributed by atoms with van der Waals surface area (Å²) in [4.78, 5) is 22.5. The van der Waals surface area contributed by atoms with Crippen molar-refractivity contribution in [2.75, 3.05) is 0 Å². The van der Waals surface area contributed by atoms with Gasteiger partial charge < -0.3 is 10.3 Å². The third-order valence-electron chi connectivity index (χ3n) is 2.17. The molecular formula is C9H9N3O2. The monoisotopic (exact) mass is 191 g/mol. The SMILES string of the molecule is Cn1ccc2c(ccn2C(N)=O)c1=O. The van der Waals surface area contributed by atoms with Gasteiger partial charge in [0.1, 0.15) is 0 Å². The van der Waals surface area contributed by atoms with E-state index in [1.807, 2.05) is 0 Å². The van der Waals surface area contributed by atoms with Crippen molar-refractivity contribution in [3.63, 3.8) is 0 Å². The highest BCUT2D eigenvalue weighted by Gasteiger charge is 2.07. The summed E-state index contributed by atoms with van der Waals surface area (Å²) in [6.45, 7) is 0. The number of carbonyl (C=O) groups is 1. The highest BCUT2D eigenvalue weighted by atomic mass is 16.2. The fourth-order valence-electron chi connectivity index (χ4n) is 1.43. The number of aryl methyl sites for hydroxylation is 1. The van der Waals surface area contributed by atoms with E-state index in [1.165, 1.54) is 15.3 Å². The molecule has 2 aromatic rings. The fourth-order valence-corrected chi connectivity index (χ4v) is 1.43. The summed E-state index contributed by atoms with van der Waals surface area (Å²) in [7, 11) is 1.66. The number of rotatable bonds is 0. The summed E-state index contributed by atoms with van der Waals surface area (Å²) in [5.74, 6) is 0. The Kier molecular flexibility index (Phi) is 1.67. The molecule has 0 spiro atoms. The Labute approximate surface area is 79.4 Å². The van der Waals surface area contributed by atoms with Crippen molar-refractivity contribution in [3.8, 4) is 0 Å². The van der Waals surface area contributed by atoms with Crippen LogP contribution < -0.4 is 11.3 Å². The van der Waals surface area contributed by atoms with Gasteiger partial charge in [-0.25, -0.2) is 4.79 Å². The van der Waals surface area contributed by atoms with Gasteiger partial charge in [0, 0.05) is 19.4 Å². The molecule has 14 heavy (non-hydrogen) atoms. The van der Waals surface area contributed by atoms with Crippen LogP contribution in [-0.4, -0.2) is 15.2 Å². The number of aromatic nitrogens is 2. The zero-order valence-corrected chi connectivity index (χ0v) is 7.60. The van der Waals surface area contributed by atoms with Crippen molar-refractivity contribution in [2.45, 2.75) is 0 Å². The average Bonchev–Trinajstić information content (AvgIpc) is 2.55. The Bertz CT molecular complexity index is 565.